The van der Waals surface area contributed by atoms with Crippen LogP contribution >= 0.6 is 0 Å². The van der Waals surface area contributed by atoms with Gasteiger partial charge in [-0.15, -0.1) is 0 Å². The van der Waals surface area contributed by atoms with Crippen molar-refractivity contribution in [1.29, 1.82) is 0 Å². The van der Waals surface area contributed by atoms with Crippen molar-refractivity contribution in [2.75, 3.05) is 37.6 Å². The summed E-state index contributed by atoms with van der Waals surface area (Å²) in [6, 6.07) is 16.9. The molecular formula is C28H34N6O2. The zero-order valence-electron chi connectivity index (χ0n) is 21.3. The fourth-order valence-electron chi connectivity index (χ4n) is 5.36. The summed E-state index contributed by atoms with van der Waals surface area (Å²) in [5.41, 5.74) is 3.77. The van der Waals surface area contributed by atoms with E-state index < -0.39 is 0 Å². The minimum absolute atomic E-state index is 0.0887. The highest BCUT2D eigenvalue weighted by molar-refractivity contribution is 6.07. The van der Waals surface area contributed by atoms with Crippen LogP contribution in [0.4, 0.5) is 5.69 Å². The monoisotopic (exact) mass is 486 g/mol. The second kappa shape index (κ2) is 10.1. The number of anilines is 1. The van der Waals surface area contributed by atoms with E-state index in [-0.39, 0.29) is 18.0 Å². The minimum atomic E-state index is -0.199. The number of carbonyl (C=O) groups excluding carboxylic acids is 1. The maximum atomic E-state index is 12.8. The largest absolute Gasteiger partial charge is 0.366 e. The Morgan fingerprint density at radius 2 is 1.94 bits per heavy atom. The third kappa shape index (κ3) is 4.73. The second-order valence-electron chi connectivity index (χ2n) is 9.82. The van der Waals surface area contributed by atoms with Crippen LogP contribution in [-0.2, 0) is 18.4 Å². The molecule has 5 rings (SSSR count). The zero-order chi connectivity index (χ0) is 25.2. The van der Waals surface area contributed by atoms with Gasteiger partial charge in [-0.25, -0.2) is 4.68 Å². The first-order chi connectivity index (χ1) is 17.4. The van der Waals surface area contributed by atoms with Crippen LogP contribution < -0.4 is 15.8 Å². The highest BCUT2D eigenvalue weighted by Gasteiger charge is 2.23. The quantitative estimate of drug-likeness (QED) is 0.407. The van der Waals surface area contributed by atoms with Crippen LogP contribution in [0.15, 0.2) is 59.5 Å². The van der Waals surface area contributed by atoms with Gasteiger partial charge < -0.3 is 14.8 Å². The van der Waals surface area contributed by atoms with Crippen molar-refractivity contribution in [3.8, 4) is 0 Å². The molecule has 8 heteroatoms. The van der Waals surface area contributed by atoms with Crippen molar-refractivity contribution in [3.63, 3.8) is 0 Å². The molecule has 1 N–H and O–H groups in total. The van der Waals surface area contributed by atoms with E-state index in [9.17, 15) is 9.59 Å². The summed E-state index contributed by atoms with van der Waals surface area (Å²) in [5, 5.41) is 8.94. The van der Waals surface area contributed by atoms with Crippen molar-refractivity contribution in [1.82, 2.24) is 24.6 Å². The van der Waals surface area contributed by atoms with E-state index in [2.05, 4.69) is 58.3 Å². The highest BCUT2D eigenvalue weighted by Crippen LogP contribution is 2.26. The number of rotatable bonds is 7. The molecule has 1 aliphatic rings. The third-order valence-electron chi connectivity index (χ3n) is 7.19. The van der Waals surface area contributed by atoms with E-state index in [0.29, 0.717) is 18.1 Å². The first-order valence-electron chi connectivity index (χ1n) is 12.7. The number of para-hydroxylation sites is 1. The summed E-state index contributed by atoms with van der Waals surface area (Å²) in [6.45, 7) is 9.13. The number of carbonyl (C=O) groups is 1. The van der Waals surface area contributed by atoms with Gasteiger partial charge in [-0.05, 0) is 50.6 Å². The molecule has 0 radical (unpaired) electrons. The SMILES string of the molecule is Cc1cccc(N2CCN(CCCNC(=O)Cn3c4ccccc4c4cnn(C)c(=O)c43)C[C@H]2C)c1. The molecule has 0 spiro atoms. The fraction of sp³-hybridized carbons (Fsp3) is 0.393. The van der Waals surface area contributed by atoms with E-state index in [1.54, 1.807) is 13.2 Å². The molecule has 4 aromatic rings. The summed E-state index contributed by atoms with van der Waals surface area (Å²) in [7, 11) is 1.63. The molecule has 1 atom stereocenters. The Bertz CT molecular complexity index is 1460. The standard InChI is InChI=1S/C28H34N6O2/c1-20-8-6-9-22(16-20)33-15-14-32(18-21(33)2)13-7-12-29-26(35)19-34-25-11-5-4-10-23(25)24-17-30-31(3)28(36)27(24)34/h4-6,8-11,16-17,21H,7,12-15,18-19H2,1-3H3,(H,29,35)/t21-/m1/s1. The number of piperazine rings is 1. The van der Waals surface area contributed by atoms with Gasteiger partial charge in [-0.3, -0.25) is 14.5 Å². The number of fused-ring (bicyclic) bond motifs is 3. The lowest BCUT2D eigenvalue weighted by molar-refractivity contribution is -0.121. The molecule has 1 fully saturated rings. The Balaban J connectivity index is 1.16. The van der Waals surface area contributed by atoms with Crippen molar-refractivity contribution in [2.24, 2.45) is 7.05 Å². The molecule has 3 heterocycles. The van der Waals surface area contributed by atoms with Gasteiger partial charge in [-0.2, -0.15) is 5.10 Å². The van der Waals surface area contributed by atoms with Crippen LogP contribution in [-0.4, -0.2) is 63.9 Å². The number of nitrogens with zero attached hydrogens (tertiary/aromatic N) is 5. The number of hydrogen-bond acceptors (Lipinski definition) is 5. The van der Waals surface area contributed by atoms with Crippen molar-refractivity contribution < 1.29 is 4.79 Å². The molecule has 0 saturated carbocycles. The van der Waals surface area contributed by atoms with Gasteiger partial charge >= 0.3 is 0 Å². The summed E-state index contributed by atoms with van der Waals surface area (Å²) in [4.78, 5) is 30.6. The van der Waals surface area contributed by atoms with Gasteiger partial charge in [0, 0.05) is 61.2 Å². The predicted octanol–water partition coefficient (Wildman–Crippen LogP) is 2.91. The van der Waals surface area contributed by atoms with Gasteiger partial charge in [0.15, 0.2) is 0 Å². The lowest BCUT2D eigenvalue weighted by atomic mass is 10.1. The van der Waals surface area contributed by atoms with Crippen LogP contribution in [0.5, 0.6) is 0 Å². The van der Waals surface area contributed by atoms with E-state index in [1.807, 2.05) is 28.8 Å². The molecule has 36 heavy (non-hydrogen) atoms. The van der Waals surface area contributed by atoms with Crippen LogP contribution in [0, 0.1) is 6.92 Å². The normalized spacial score (nSPS) is 16.6. The van der Waals surface area contributed by atoms with E-state index in [1.165, 1.54) is 15.9 Å². The average molecular weight is 487 g/mol. The fourth-order valence-corrected chi connectivity index (χ4v) is 5.36. The number of benzene rings is 2. The number of nitrogens with one attached hydrogen (secondary N) is 1. The Hall–Kier alpha value is -3.65. The number of amides is 1. The molecule has 0 aliphatic carbocycles. The molecule has 188 valence electrons. The number of aryl methyl sites for hydroxylation is 2. The first kappa shape index (κ1) is 24.1. The van der Waals surface area contributed by atoms with Crippen LogP contribution in [0.3, 0.4) is 0 Å². The molecule has 1 amide bonds. The van der Waals surface area contributed by atoms with Crippen molar-refractivity contribution in [2.45, 2.75) is 32.9 Å². The van der Waals surface area contributed by atoms with Crippen molar-refractivity contribution in [3.05, 3.63) is 70.6 Å². The average Bonchev–Trinajstić information content (AvgIpc) is 3.18. The van der Waals surface area contributed by atoms with Crippen LogP contribution in [0.2, 0.25) is 0 Å². The first-order valence-corrected chi connectivity index (χ1v) is 12.7. The summed E-state index contributed by atoms with van der Waals surface area (Å²) < 4.78 is 3.13. The zero-order valence-corrected chi connectivity index (χ0v) is 21.3. The molecule has 2 aromatic carbocycles. The Morgan fingerprint density at radius 1 is 1.11 bits per heavy atom. The molecule has 1 aliphatic heterocycles. The van der Waals surface area contributed by atoms with Gasteiger partial charge in [0.25, 0.3) is 5.56 Å². The summed E-state index contributed by atoms with van der Waals surface area (Å²) in [5.74, 6) is -0.0887. The summed E-state index contributed by atoms with van der Waals surface area (Å²) in [6.07, 6.45) is 2.59. The Kier molecular flexibility index (Phi) is 6.78. The lowest BCUT2D eigenvalue weighted by Crippen LogP contribution is -2.52. The van der Waals surface area contributed by atoms with Crippen LogP contribution in [0.25, 0.3) is 21.8 Å². The lowest BCUT2D eigenvalue weighted by Gasteiger charge is -2.41. The summed E-state index contributed by atoms with van der Waals surface area (Å²) >= 11 is 0. The Morgan fingerprint density at radius 3 is 2.75 bits per heavy atom. The molecule has 2 aromatic heterocycles. The van der Waals surface area contributed by atoms with Gasteiger partial charge in [-0.1, -0.05) is 30.3 Å². The maximum absolute atomic E-state index is 12.8. The topological polar surface area (TPSA) is 75.4 Å². The van der Waals surface area contributed by atoms with Gasteiger partial charge in [0.05, 0.1) is 6.20 Å². The van der Waals surface area contributed by atoms with Gasteiger partial charge in [0.1, 0.15) is 12.1 Å². The minimum Gasteiger partial charge on any atom is -0.366 e. The van der Waals surface area contributed by atoms with Gasteiger partial charge in [0.2, 0.25) is 5.91 Å². The third-order valence-corrected chi connectivity index (χ3v) is 7.19. The molecular weight excluding hydrogens is 452 g/mol. The van der Waals surface area contributed by atoms with E-state index >= 15 is 0 Å². The molecule has 0 bridgehead atoms. The maximum Gasteiger partial charge on any atom is 0.291 e. The highest BCUT2D eigenvalue weighted by atomic mass is 16.2. The van der Waals surface area contributed by atoms with Crippen LogP contribution in [0.1, 0.15) is 18.9 Å². The Labute approximate surface area is 211 Å². The smallest absolute Gasteiger partial charge is 0.291 e. The molecule has 1 saturated heterocycles. The molecule has 8 nitrogen and oxygen atoms in total. The number of aromatic nitrogens is 3. The second-order valence-corrected chi connectivity index (χ2v) is 9.82. The predicted molar refractivity (Wildman–Crippen MR) is 145 cm³/mol. The van der Waals surface area contributed by atoms with Crippen molar-refractivity contribution >= 4 is 33.4 Å². The van der Waals surface area contributed by atoms with E-state index in [4.69, 9.17) is 0 Å². The molecule has 0 unspecified atom stereocenters. The van der Waals surface area contributed by atoms with E-state index in [0.717, 1.165) is 48.9 Å². The number of hydrogen-bond donors (Lipinski definition) is 1.